The van der Waals surface area contributed by atoms with Crippen LogP contribution in [-0.4, -0.2) is 17.5 Å². The van der Waals surface area contributed by atoms with Crippen molar-refractivity contribution in [1.82, 2.24) is 0 Å². The van der Waals surface area contributed by atoms with Gasteiger partial charge in [0.1, 0.15) is 0 Å². The van der Waals surface area contributed by atoms with E-state index in [1.807, 2.05) is 6.92 Å². The molecule has 0 aliphatic heterocycles. The first-order valence-corrected chi connectivity index (χ1v) is 8.48. The molecule has 0 amide bonds. The summed E-state index contributed by atoms with van der Waals surface area (Å²) >= 11 is 6.13. The van der Waals surface area contributed by atoms with Crippen LogP contribution in [0, 0.1) is 17.0 Å². The van der Waals surface area contributed by atoms with Gasteiger partial charge in [0.25, 0.3) is 5.69 Å². The van der Waals surface area contributed by atoms with Crippen LogP contribution in [0.4, 0.5) is 5.69 Å². The molecule has 0 bridgehead atoms. The minimum Gasteiger partial charge on any atom is -0.465 e. The van der Waals surface area contributed by atoms with Crippen LogP contribution in [-0.2, 0) is 9.53 Å². The molecule has 2 rings (SSSR count). The Hall–Kier alpha value is -1.62. The molecule has 5 nitrogen and oxygen atoms in total. The zero-order chi connectivity index (χ0) is 17.0. The van der Waals surface area contributed by atoms with Gasteiger partial charge < -0.3 is 4.74 Å². The highest BCUT2D eigenvalue weighted by atomic mass is 35.5. The minimum absolute atomic E-state index is 0.0712. The highest BCUT2D eigenvalue weighted by Crippen LogP contribution is 2.41. The molecule has 0 N–H and O–H groups in total. The van der Waals surface area contributed by atoms with E-state index in [4.69, 9.17) is 16.3 Å². The van der Waals surface area contributed by atoms with Gasteiger partial charge in [-0.1, -0.05) is 25.3 Å². The van der Waals surface area contributed by atoms with Crippen molar-refractivity contribution in [3.05, 3.63) is 38.9 Å². The van der Waals surface area contributed by atoms with Gasteiger partial charge in [-0.15, -0.1) is 11.6 Å². The fourth-order valence-corrected chi connectivity index (χ4v) is 3.57. The molecule has 0 radical (unpaired) electrons. The summed E-state index contributed by atoms with van der Waals surface area (Å²) < 4.78 is 4.90. The lowest BCUT2D eigenvalue weighted by Crippen LogP contribution is -2.14. The van der Waals surface area contributed by atoms with Crippen LogP contribution in [0.5, 0.6) is 0 Å². The van der Waals surface area contributed by atoms with Crippen molar-refractivity contribution in [2.75, 3.05) is 6.61 Å². The van der Waals surface area contributed by atoms with Gasteiger partial charge >= 0.3 is 5.97 Å². The molecule has 6 heteroatoms. The van der Waals surface area contributed by atoms with Crippen LogP contribution in [0.25, 0.3) is 0 Å². The Morgan fingerprint density at radius 2 is 2.04 bits per heavy atom. The first kappa shape index (κ1) is 17.7. The molecule has 0 heterocycles. The lowest BCUT2D eigenvalue weighted by atomic mass is 9.81. The normalized spacial score (nSPS) is 16.8. The number of hydrogen-bond acceptors (Lipinski definition) is 4. The summed E-state index contributed by atoms with van der Waals surface area (Å²) in [6.07, 6.45) is 5.34. The number of nitrogens with zero attached hydrogens (tertiary/aromatic N) is 1. The smallest absolute Gasteiger partial charge is 0.328 e. The maximum Gasteiger partial charge on any atom is 0.328 e. The number of esters is 1. The number of hydrogen-bond donors (Lipinski definition) is 0. The van der Waals surface area contributed by atoms with Gasteiger partial charge in [0, 0.05) is 11.6 Å². The largest absolute Gasteiger partial charge is 0.465 e. The van der Waals surface area contributed by atoms with E-state index < -0.39 is 11.3 Å². The van der Waals surface area contributed by atoms with Crippen molar-refractivity contribution < 1.29 is 14.5 Å². The summed E-state index contributed by atoms with van der Waals surface area (Å²) in [6, 6.07) is 3.22. The van der Waals surface area contributed by atoms with Crippen LogP contribution >= 0.6 is 11.6 Å². The zero-order valence-corrected chi connectivity index (χ0v) is 14.3. The molecule has 1 fully saturated rings. The van der Waals surface area contributed by atoms with Crippen LogP contribution in [0.2, 0.25) is 0 Å². The number of halogens is 1. The van der Waals surface area contributed by atoms with E-state index in [0.717, 1.165) is 36.8 Å². The molecule has 1 aromatic carbocycles. The summed E-state index contributed by atoms with van der Waals surface area (Å²) in [4.78, 5) is 23.0. The molecular formula is C17H22ClNO4. The number of carbonyl (C=O) groups excluding carboxylic acids is 1. The lowest BCUT2D eigenvalue weighted by molar-refractivity contribution is -0.385. The van der Waals surface area contributed by atoms with Crippen molar-refractivity contribution in [2.24, 2.45) is 0 Å². The first-order valence-electron chi connectivity index (χ1n) is 8.05. The summed E-state index contributed by atoms with van der Waals surface area (Å²) in [5.41, 5.74) is 2.12. The minimum atomic E-state index is -1.02. The predicted molar refractivity (Wildman–Crippen MR) is 88.9 cm³/mol. The third kappa shape index (κ3) is 4.02. The number of nitro groups is 1. The molecule has 1 saturated carbocycles. The standard InChI is InChI=1S/C17H22ClNO4/c1-3-23-17(20)16(18)13-9-11(2)15(14(10-13)19(21)22)12-7-5-4-6-8-12/h9-10,12,16H,3-8H2,1-2H3. The molecule has 1 atom stereocenters. The molecule has 23 heavy (non-hydrogen) atoms. The fraction of sp³-hybridized carbons (Fsp3) is 0.588. The summed E-state index contributed by atoms with van der Waals surface area (Å²) in [6.45, 7) is 3.78. The van der Waals surface area contributed by atoms with Crippen LogP contribution in [0.3, 0.4) is 0 Å². The highest BCUT2D eigenvalue weighted by Gasteiger charge is 2.29. The van der Waals surface area contributed by atoms with Crippen LogP contribution in [0.15, 0.2) is 12.1 Å². The Balaban J connectivity index is 2.41. The summed E-state index contributed by atoms with van der Waals surface area (Å²) in [5.74, 6) is -0.358. The van der Waals surface area contributed by atoms with E-state index in [0.29, 0.717) is 5.56 Å². The molecule has 0 spiro atoms. The second kappa shape index (κ2) is 7.77. The molecule has 0 aromatic heterocycles. The lowest BCUT2D eigenvalue weighted by Gasteiger charge is -2.24. The van der Waals surface area contributed by atoms with Crippen molar-refractivity contribution >= 4 is 23.3 Å². The number of nitro benzene ring substituents is 1. The predicted octanol–water partition coefficient (Wildman–Crippen LogP) is 4.79. The van der Waals surface area contributed by atoms with Crippen molar-refractivity contribution in [3.8, 4) is 0 Å². The van der Waals surface area contributed by atoms with Gasteiger partial charge in [0.15, 0.2) is 5.38 Å². The number of rotatable bonds is 5. The number of benzene rings is 1. The van der Waals surface area contributed by atoms with E-state index in [-0.39, 0.29) is 23.1 Å². The topological polar surface area (TPSA) is 69.4 Å². The SMILES string of the molecule is CCOC(=O)C(Cl)c1cc(C)c(C2CCCCC2)c([N+](=O)[O-])c1. The molecule has 1 aliphatic rings. The second-order valence-electron chi connectivity index (χ2n) is 5.98. The van der Waals surface area contributed by atoms with Gasteiger partial charge in [-0.05, 0) is 43.7 Å². The van der Waals surface area contributed by atoms with Gasteiger partial charge in [0.05, 0.1) is 11.5 Å². The fourth-order valence-electron chi connectivity index (χ4n) is 3.38. The van der Waals surface area contributed by atoms with E-state index in [1.165, 1.54) is 12.5 Å². The average molecular weight is 340 g/mol. The van der Waals surface area contributed by atoms with Gasteiger partial charge in [-0.25, -0.2) is 0 Å². The highest BCUT2D eigenvalue weighted by molar-refractivity contribution is 6.30. The maximum atomic E-state index is 11.8. The van der Waals surface area contributed by atoms with Gasteiger partial charge in [0.2, 0.25) is 0 Å². The summed E-state index contributed by atoms with van der Waals surface area (Å²) in [7, 11) is 0. The molecule has 1 aromatic rings. The molecule has 1 unspecified atom stereocenters. The van der Waals surface area contributed by atoms with Gasteiger partial charge in [-0.2, -0.15) is 0 Å². The Morgan fingerprint density at radius 1 is 1.39 bits per heavy atom. The Kier molecular flexibility index (Phi) is 5.99. The number of aryl methyl sites for hydroxylation is 1. The average Bonchev–Trinajstić information content (AvgIpc) is 2.54. The Labute approximate surface area is 141 Å². The van der Waals surface area contributed by atoms with E-state index >= 15 is 0 Å². The second-order valence-corrected chi connectivity index (χ2v) is 6.41. The van der Waals surface area contributed by atoms with Crippen LogP contribution < -0.4 is 0 Å². The van der Waals surface area contributed by atoms with Crippen molar-refractivity contribution in [1.29, 1.82) is 0 Å². The zero-order valence-electron chi connectivity index (χ0n) is 13.5. The Bertz CT molecular complexity index is 597. The quantitative estimate of drug-likeness (QED) is 0.334. The number of alkyl halides is 1. The molecular weight excluding hydrogens is 318 g/mol. The van der Waals surface area contributed by atoms with Crippen molar-refractivity contribution in [2.45, 2.75) is 57.2 Å². The number of carbonyl (C=O) groups is 1. The van der Waals surface area contributed by atoms with E-state index in [9.17, 15) is 14.9 Å². The van der Waals surface area contributed by atoms with Gasteiger partial charge in [-0.3, -0.25) is 14.9 Å². The maximum absolute atomic E-state index is 11.8. The Morgan fingerprint density at radius 3 is 2.61 bits per heavy atom. The molecule has 126 valence electrons. The third-order valence-electron chi connectivity index (χ3n) is 4.38. The summed E-state index contributed by atoms with van der Waals surface area (Å²) in [5, 5.41) is 10.5. The molecule has 0 saturated heterocycles. The first-order chi connectivity index (χ1) is 11.0. The van der Waals surface area contributed by atoms with Crippen LogP contribution in [0.1, 0.15) is 67.0 Å². The van der Waals surface area contributed by atoms with Crippen molar-refractivity contribution in [3.63, 3.8) is 0 Å². The third-order valence-corrected chi connectivity index (χ3v) is 4.81. The number of ether oxygens (including phenoxy) is 1. The molecule has 1 aliphatic carbocycles. The monoisotopic (exact) mass is 339 g/mol. The van der Waals surface area contributed by atoms with E-state index in [1.54, 1.807) is 13.0 Å². The van der Waals surface area contributed by atoms with E-state index in [2.05, 4.69) is 0 Å².